The minimum Gasteiger partial charge on any atom is -0.0917 e. The van der Waals surface area contributed by atoms with Crippen molar-refractivity contribution in [1.82, 2.24) is 0 Å². The summed E-state index contributed by atoms with van der Waals surface area (Å²) < 4.78 is 0. The van der Waals surface area contributed by atoms with Gasteiger partial charge in [0.2, 0.25) is 0 Å². The lowest BCUT2D eigenvalue weighted by Crippen LogP contribution is -1.71. The first-order chi connectivity index (χ1) is 6.20. The van der Waals surface area contributed by atoms with E-state index in [1.54, 1.807) is 0 Å². The summed E-state index contributed by atoms with van der Waals surface area (Å²) >= 11 is 0. The molecular weight excluding hydrogens is 156 g/mol. The Morgan fingerprint density at radius 2 is 1.69 bits per heavy atom. The van der Waals surface area contributed by atoms with Crippen LogP contribution in [0.2, 0.25) is 0 Å². The molecule has 13 heavy (non-hydrogen) atoms. The molecule has 0 saturated heterocycles. The van der Waals surface area contributed by atoms with Gasteiger partial charge in [0, 0.05) is 0 Å². The largest absolute Gasteiger partial charge is 0.0917 e. The molecule has 1 rings (SSSR count). The number of rotatable bonds is 1. The van der Waals surface area contributed by atoms with Gasteiger partial charge in [0.25, 0.3) is 0 Å². The number of allylic oxidation sites excluding steroid dienone is 2. The molecule has 0 heteroatoms. The van der Waals surface area contributed by atoms with Crippen molar-refractivity contribution >= 4 is 0 Å². The minimum absolute atomic E-state index is 1.16. The molecule has 0 fully saturated rings. The summed E-state index contributed by atoms with van der Waals surface area (Å²) in [6.07, 6.45) is 5.34. The second-order valence-electron chi connectivity index (χ2n) is 3.14. The molecule has 0 aliphatic rings. The molecule has 0 unspecified atom stereocenters. The first-order valence-electron chi connectivity index (χ1n) is 4.85. The molecule has 0 nitrogen and oxygen atoms in total. The summed E-state index contributed by atoms with van der Waals surface area (Å²) in [5, 5.41) is 0. The van der Waals surface area contributed by atoms with Gasteiger partial charge in [0.05, 0.1) is 0 Å². The van der Waals surface area contributed by atoms with E-state index in [1.807, 2.05) is 6.92 Å². The maximum Gasteiger partial charge on any atom is -0.0379 e. The van der Waals surface area contributed by atoms with Crippen molar-refractivity contribution in [3.63, 3.8) is 0 Å². The molecule has 72 valence electrons. The van der Waals surface area contributed by atoms with Crippen LogP contribution in [-0.2, 0) is 0 Å². The predicted octanol–water partition coefficient (Wildman–Crippen LogP) is 4.28. The highest BCUT2D eigenvalue weighted by atomic mass is 13.9. The van der Waals surface area contributed by atoms with E-state index in [0.29, 0.717) is 0 Å². The van der Waals surface area contributed by atoms with Crippen LogP contribution in [0.25, 0.3) is 0 Å². The summed E-state index contributed by atoms with van der Waals surface area (Å²) in [6, 6.07) is 8.45. The smallest absolute Gasteiger partial charge is 0.0379 e. The van der Waals surface area contributed by atoms with Gasteiger partial charge >= 0.3 is 0 Å². The maximum atomic E-state index is 2.17. The third kappa shape index (κ3) is 7.32. The minimum atomic E-state index is 1.16. The van der Waals surface area contributed by atoms with Gasteiger partial charge in [-0.25, -0.2) is 0 Å². The van der Waals surface area contributed by atoms with E-state index in [-0.39, 0.29) is 0 Å². The molecule has 1 aromatic rings. The van der Waals surface area contributed by atoms with Crippen LogP contribution in [0.15, 0.2) is 36.4 Å². The lowest BCUT2D eigenvalue weighted by Gasteiger charge is -1.90. The van der Waals surface area contributed by atoms with Crippen LogP contribution >= 0.6 is 0 Å². The number of benzene rings is 1. The highest BCUT2D eigenvalue weighted by Crippen LogP contribution is 2.00. The van der Waals surface area contributed by atoms with Gasteiger partial charge < -0.3 is 0 Å². The molecule has 0 atom stereocenters. The SMILES string of the molecule is CC=CCC.Cc1cccc(C)c1. The van der Waals surface area contributed by atoms with E-state index in [1.165, 1.54) is 11.1 Å². The van der Waals surface area contributed by atoms with Gasteiger partial charge in [-0.15, -0.1) is 0 Å². The Morgan fingerprint density at radius 3 is 1.85 bits per heavy atom. The van der Waals surface area contributed by atoms with Crippen LogP contribution in [-0.4, -0.2) is 0 Å². The van der Waals surface area contributed by atoms with Crippen LogP contribution in [0.1, 0.15) is 31.4 Å². The molecule has 0 aromatic heterocycles. The fraction of sp³-hybridized carbons (Fsp3) is 0.385. The molecule has 0 heterocycles. The van der Waals surface area contributed by atoms with Crippen LogP contribution < -0.4 is 0 Å². The van der Waals surface area contributed by atoms with Gasteiger partial charge in [-0.1, -0.05) is 54.5 Å². The average Bonchev–Trinajstić information content (AvgIpc) is 2.06. The maximum absolute atomic E-state index is 2.17. The summed E-state index contributed by atoms with van der Waals surface area (Å²) in [4.78, 5) is 0. The van der Waals surface area contributed by atoms with E-state index in [0.717, 1.165) is 6.42 Å². The molecule has 0 spiro atoms. The normalized spacial score (nSPS) is 9.54. The van der Waals surface area contributed by atoms with E-state index >= 15 is 0 Å². The topological polar surface area (TPSA) is 0 Å². The molecular formula is C13H20. The van der Waals surface area contributed by atoms with Gasteiger partial charge in [0.1, 0.15) is 0 Å². The van der Waals surface area contributed by atoms with E-state index in [9.17, 15) is 0 Å². The molecule has 1 aromatic carbocycles. The predicted molar refractivity (Wildman–Crippen MR) is 61.0 cm³/mol. The van der Waals surface area contributed by atoms with Crippen molar-refractivity contribution in [1.29, 1.82) is 0 Å². The lowest BCUT2D eigenvalue weighted by molar-refractivity contribution is 1.22. The van der Waals surface area contributed by atoms with Crippen molar-refractivity contribution in [2.75, 3.05) is 0 Å². The molecule has 0 saturated carbocycles. The molecule has 0 aliphatic carbocycles. The Labute approximate surface area is 82.3 Å². The van der Waals surface area contributed by atoms with Gasteiger partial charge in [-0.2, -0.15) is 0 Å². The average molecular weight is 176 g/mol. The molecule has 0 N–H and O–H groups in total. The highest BCUT2D eigenvalue weighted by Gasteiger charge is 1.80. The fourth-order valence-corrected chi connectivity index (χ4v) is 1.04. The van der Waals surface area contributed by atoms with Crippen LogP contribution in [0.3, 0.4) is 0 Å². The Bertz CT molecular complexity index is 229. The van der Waals surface area contributed by atoms with Gasteiger partial charge in [0.15, 0.2) is 0 Å². The van der Waals surface area contributed by atoms with Crippen LogP contribution in [0.5, 0.6) is 0 Å². The highest BCUT2D eigenvalue weighted by molar-refractivity contribution is 5.20. The Hall–Kier alpha value is -1.04. The summed E-state index contributed by atoms with van der Waals surface area (Å²) in [7, 11) is 0. The zero-order valence-corrected chi connectivity index (χ0v) is 9.17. The monoisotopic (exact) mass is 176 g/mol. The van der Waals surface area contributed by atoms with Crippen molar-refractivity contribution in [3.05, 3.63) is 47.5 Å². The first-order valence-corrected chi connectivity index (χ1v) is 4.85. The second-order valence-corrected chi connectivity index (χ2v) is 3.14. The number of hydrogen-bond donors (Lipinski definition) is 0. The van der Waals surface area contributed by atoms with Crippen LogP contribution in [0, 0.1) is 13.8 Å². The van der Waals surface area contributed by atoms with Gasteiger partial charge in [-0.05, 0) is 27.2 Å². The summed E-state index contributed by atoms with van der Waals surface area (Å²) in [5.41, 5.74) is 2.68. The molecule has 0 radical (unpaired) electrons. The Kier molecular flexibility index (Phi) is 6.99. The molecule has 0 amide bonds. The summed E-state index contributed by atoms with van der Waals surface area (Å²) in [5.74, 6) is 0. The quantitative estimate of drug-likeness (QED) is 0.560. The lowest BCUT2D eigenvalue weighted by atomic mass is 10.2. The third-order valence-corrected chi connectivity index (χ3v) is 1.64. The van der Waals surface area contributed by atoms with E-state index in [4.69, 9.17) is 0 Å². The zero-order chi connectivity index (χ0) is 10.1. The van der Waals surface area contributed by atoms with Crippen molar-refractivity contribution in [2.24, 2.45) is 0 Å². The van der Waals surface area contributed by atoms with Crippen molar-refractivity contribution < 1.29 is 0 Å². The van der Waals surface area contributed by atoms with Crippen molar-refractivity contribution in [2.45, 2.75) is 34.1 Å². The Morgan fingerprint density at radius 1 is 1.15 bits per heavy atom. The Balaban J connectivity index is 0.000000252. The fourth-order valence-electron chi connectivity index (χ4n) is 1.04. The summed E-state index contributed by atoms with van der Waals surface area (Å²) in [6.45, 7) is 8.36. The van der Waals surface area contributed by atoms with Gasteiger partial charge in [-0.3, -0.25) is 0 Å². The standard InChI is InChI=1S/C8H10.C5H10/c1-7-4-3-5-8(2)6-7;1-3-5-4-2/h3-6H,1-2H3;3,5H,4H2,1-2H3. The first kappa shape index (κ1) is 12.0. The van der Waals surface area contributed by atoms with Crippen molar-refractivity contribution in [3.8, 4) is 0 Å². The molecule has 0 bridgehead atoms. The number of hydrogen-bond acceptors (Lipinski definition) is 0. The van der Waals surface area contributed by atoms with Crippen LogP contribution in [0.4, 0.5) is 0 Å². The molecule has 0 aliphatic heterocycles. The van der Waals surface area contributed by atoms with E-state index in [2.05, 4.69) is 57.2 Å². The second kappa shape index (κ2) is 7.60. The van der Waals surface area contributed by atoms with E-state index < -0.39 is 0 Å². The number of aryl methyl sites for hydroxylation is 2. The third-order valence-electron chi connectivity index (χ3n) is 1.64. The zero-order valence-electron chi connectivity index (χ0n) is 9.17.